The predicted octanol–water partition coefficient (Wildman–Crippen LogP) is 4.64. The molecule has 4 aromatic rings. The van der Waals surface area contributed by atoms with Crippen molar-refractivity contribution in [1.29, 1.82) is 0 Å². The molecule has 136 valence electrons. The fraction of sp³-hybridized carbons (Fsp3) is 0.158. The molecule has 0 saturated heterocycles. The van der Waals surface area contributed by atoms with E-state index in [1.807, 2.05) is 49.4 Å². The normalized spacial score (nSPS) is 12.2. The van der Waals surface area contributed by atoms with Crippen LogP contribution in [-0.4, -0.2) is 25.7 Å². The Labute approximate surface area is 164 Å². The highest BCUT2D eigenvalue weighted by molar-refractivity contribution is 7.20. The van der Waals surface area contributed by atoms with Crippen LogP contribution in [0.4, 0.5) is 5.13 Å². The molecular weight excluding hydrogens is 382 g/mol. The van der Waals surface area contributed by atoms with Crippen molar-refractivity contribution in [3.05, 3.63) is 65.2 Å². The molecule has 0 aliphatic heterocycles. The fourth-order valence-electron chi connectivity index (χ4n) is 2.90. The van der Waals surface area contributed by atoms with E-state index >= 15 is 0 Å². The lowest BCUT2D eigenvalue weighted by molar-refractivity contribution is -0.117. The third-order valence-electron chi connectivity index (χ3n) is 4.25. The average molecular weight is 398 g/mol. The van der Waals surface area contributed by atoms with Crippen molar-refractivity contribution in [2.75, 3.05) is 5.32 Å². The van der Waals surface area contributed by atoms with E-state index in [0.717, 1.165) is 11.1 Å². The molecule has 0 bridgehead atoms. The summed E-state index contributed by atoms with van der Waals surface area (Å²) in [7, 11) is 0. The molecule has 0 aliphatic rings. The van der Waals surface area contributed by atoms with Gasteiger partial charge in [-0.05, 0) is 36.2 Å². The highest BCUT2D eigenvalue weighted by Gasteiger charge is 2.21. The third-order valence-corrected chi connectivity index (χ3v) is 5.32. The number of benzene rings is 2. The summed E-state index contributed by atoms with van der Waals surface area (Å²) in [4.78, 5) is 13.3. The minimum atomic E-state index is -0.226. The summed E-state index contributed by atoms with van der Waals surface area (Å²) in [6.07, 6.45) is 0.704. The number of rotatable bonds is 5. The van der Waals surface area contributed by atoms with Crippen LogP contribution in [0.25, 0.3) is 16.3 Å². The zero-order valence-electron chi connectivity index (χ0n) is 14.5. The van der Waals surface area contributed by atoms with Gasteiger partial charge in [-0.15, -0.1) is 15.3 Å². The summed E-state index contributed by atoms with van der Waals surface area (Å²) < 4.78 is 1.63. The molecule has 0 radical (unpaired) electrons. The van der Waals surface area contributed by atoms with E-state index in [2.05, 4.69) is 20.6 Å². The molecule has 0 fully saturated rings. The van der Waals surface area contributed by atoms with Gasteiger partial charge in [0.2, 0.25) is 16.0 Å². The minimum absolute atomic E-state index is 0.0818. The van der Waals surface area contributed by atoms with E-state index in [4.69, 9.17) is 11.6 Å². The molecule has 2 aromatic heterocycles. The van der Waals surface area contributed by atoms with Gasteiger partial charge in [-0.3, -0.25) is 10.1 Å². The van der Waals surface area contributed by atoms with Crippen molar-refractivity contribution in [2.45, 2.75) is 19.3 Å². The first kappa shape index (κ1) is 17.6. The van der Waals surface area contributed by atoms with Crippen LogP contribution in [0.5, 0.6) is 0 Å². The summed E-state index contributed by atoms with van der Waals surface area (Å²) in [5.74, 6) is 0.298. The summed E-state index contributed by atoms with van der Waals surface area (Å²) in [5, 5.41) is 16.9. The topological polar surface area (TPSA) is 72.2 Å². The maximum Gasteiger partial charge on any atom is 0.236 e. The molecule has 2 aromatic carbocycles. The van der Waals surface area contributed by atoms with Crippen molar-refractivity contribution in [2.24, 2.45) is 0 Å². The Bertz CT molecular complexity index is 1070. The third kappa shape index (κ3) is 3.56. The first-order valence-electron chi connectivity index (χ1n) is 8.49. The molecule has 0 aliphatic carbocycles. The van der Waals surface area contributed by atoms with Crippen LogP contribution in [0.15, 0.2) is 54.6 Å². The molecular formula is C19H16ClN5OS. The lowest BCUT2D eigenvalue weighted by atomic mass is 9.96. The largest absolute Gasteiger partial charge is 0.300 e. The highest BCUT2D eigenvalue weighted by atomic mass is 35.5. The predicted molar refractivity (Wildman–Crippen MR) is 107 cm³/mol. The number of aromatic nitrogens is 4. The number of nitrogens with one attached hydrogen (secondary N) is 1. The van der Waals surface area contributed by atoms with Crippen LogP contribution in [0.2, 0.25) is 5.02 Å². The number of anilines is 1. The number of carbonyl (C=O) groups is 1. The fourth-order valence-corrected chi connectivity index (χ4v) is 3.77. The quantitative estimate of drug-likeness (QED) is 0.532. The van der Waals surface area contributed by atoms with Gasteiger partial charge in [0, 0.05) is 10.6 Å². The van der Waals surface area contributed by atoms with E-state index < -0.39 is 0 Å². The lowest BCUT2D eigenvalue weighted by Crippen LogP contribution is -2.20. The Morgan fingerprint density at radius 1 is 1.15 bits per heavy atom. The summed E-state index contributed by atoms with van der Waals surface area (Å²) in [6.45, 7) is 1.99. The second kappa shape index (κ2) is 7.46. The van der Waals surface area contributed by atoms with Crippen molar-refractivity contribution in [3.8, 4) is 11.4 Å². The molecule has 0 saturated carbocycles. The molecule has 0 spiro atoms. The molecule has 1 unspecified atom stereocenters. The molecule has 1 N–H and O–H groups in total. The molecule has 8 heteroatoms. The summed E-state index contributed by atoms with van der Waals surface area (Å²) >= 11 is 7.23. The molecule has 2 heterocycles. The summed E-state index contributed by atoms with van der Waals surface area (Å²) in [5.41, 5.74) is 1.84. The number of nitrogens with zero attached hydrogens (tertiary/aromatic N) is 4. The van der Waals surface area contributed by atoms with Gasteiger partial charge in [-0.2, -0.15) is 4.52 Å². The first-order chi connectivity index (χ1) is 13.2. The van der Waals surface area contributed by atoms with Gasteiger partial charge in [-0.1, -0.05) is 60.2 Å². The van der Waals surface area contributed by atoms with E-state index in [1.165, 1.54) is 11.3 Å². The van der Waals surface area contributed by atoms with Crippen LogP contribution in [-0.2, 0) is 4.79 Å². The van der Waals surface area contributed by atoms with Crippen LogP contribution in [0, 0.1) is 0 Å². The Kier molecular flexibility index (Phi) is 4.87. The second-order valence-electron chi connectivity index (χ2n) is 5.99. The smallest absolute Gasteiger partial charge is 0.236 e. The van der Waals surface area contributed by atoms with Gasteiger partial charge in [-0.25, -0.2) is 0 Å². The van der Waals surface area contributed by atoms with Gasteiger partial charge in [0.05, 0.1) is 5.92 Å². The maximum atomic E-state index is 12.7. The Hall–Kier alpha value is -2.77. The number of halogens is 1. The molecule has 1 atom stereocenters. The zero-order chi connectivity index (χ0) is 18.8. The standard InChI is InChI=1S/C19H16ClN5OS/c1-2-15(12-6-4-3-5-7-12)17(26)21-18-24-25-16(22-23-19(25)27-18)13-8-10-14(20)11-9-13/h3-11,15H,2H2,1H3,(H,21,24,26). The Morgan fingerprint density at radius 2 is 1.89 bits per heavy atom. The zero-order valence-corrected chi connectivity index (χ0v) is 16.0. The van der Waals surface area contributed by atoms with E-state index in [0.29, 0.717) is 27.4 Å². The van der Waals surface area contributed by atoms with Gasteiger partial charge in [0.1, 0.15) is 0 Å². The van der Waals surface area contributed by atoms with Gasteiger partial charge in [0.25, 0.3) is 0 Å². The second-order valence-corrected chi connectivity index (χ2v) is 7.39. The number of hydrogen-bond acceptors (Lipinski definition) is 5. The molecule has 27 heavy (non-hydrogen) atoms. The number of amides is 1. The van der Waals surface area contributed by atoms with E-state index in [-0.39, 0.29) is 11.8 Å². The monoisotopic (exact) mass is 397 g/mol. The van der Waals surface area contributed by atoms with Crippen molar-refractivity contribution in [3.63, 3.8) is 0 Å². The lowest BCUT2D eigenvalue weighted by Gasteiger charge is -2.13. The van der Waals surface area contributed by atoms with Crippen LogP contribution in [0.1, 0.15) is 24.8 Å². The van der Waals surface area contributed by atoms with Crippen LogP contribution >= 0.6 is 22.9 Å². The van der Waals surface area contributed by atoms with E-state index in [9.17, 15) is 4.79 Å². The maximum absolute atomic E-state index is 12.7. The Morgan fingerprint density at radius 3 is 2.59 bits per heavy atom. The van der Waals surface area contributed by atoms with E-state index in [1.54, 1.807) is 16.6 Å². The van der Waals surface area contributed by atoms with Crippen LogP contribution in [0.3, 0.4) is 0 Å². The highest BCUT2D eigenvalue weighted by Crippen LogP contribution is 2.27. The minimum Gasteiger partial charge on any atom is -0.300 e. The van der Waals surface area contributed by atoms with Gasteiger partial charge >= 0.3 is 0 Å². The number of carbonyl (C=O) groups excluding carboxylic acids is 1. The van der Waals surface area contributed by atoms with Crippen LogP contribution < -0.4 is 5.32 Å². The molecule has 6 nitrogen and oxygen atoms in total. The molecule has 1 amide bonds. The molecule has 4 rings (SSSR count). The first-order valence-corrected chi connectivity index (χ1v) is 9.69. The Balaban J connectivity index is 1.59. The van der Waals surface area contributed by atoms with Crippen molar-refractivity contribution < 1.29 is 4.79 Å². The summed E-state index contributed by atoms with van der Waals surface area (Å²) in [6, 6.07) is 17.0. The SMILES string of the molecule is CCC(C(=O)Nc1nn2c(-c3ccc(Cl)cc3)nnc2s1)c1ccccc1. The number of fused-ring (bicyclic) bond motifs is 1. The van der Waals surface area contributed by atoms with Crippen molar-refractivity contribution >= 4 is 38.9 Å². The average Bonchev–Trinajstić information content (AvgIpc) is 3.24. The van der Waals surface area contributed by atoms with Gasteiger partial charge in [0.15, 0.2) is 5.82 Å². The van der Waals surface area contributed by atoms with Crippen molar-refractivity contribution in [1.82, 2.24) is 19.8 Å². The number of hydrogen-bond donors (Lipinski definition) is 1. The van der Waals surface area contributed by atoms with Gasteiger partial charge < -0.3 is 0 Å².